The zero-order valence-electron chi connectivity index (χ0n) is 9.91. The van der Waals surface area contributed by atoms with Crippen molar-refractivity contribution in [3.05, 3.63) is 35.7 Å². The van der Waals surface area contributed by atoms with Crippen LogP contribution < -0.4 is 5.73 Å². The van der Waals surface area contributed by atoms with Crippen LogP contribution in [0.4, 0.5) is 0 Å². The van der Waals surface area contributed by atoms with Crippen LogP contribution in [0.5, 0.6) is 0 Å². The minimum atomic E-state index is -0.347. The van der Waals surface area contributed by atoms with Gasteiger partial charge in [0.15, 0.2) is 5.82 Å². The molecule has 1 aromatic heterocycles. The van der Waals surface area contributed by atoms with Gasteiger partial charge in [-0.3, -0.25) is 0 Å². The maximum Gasteiger partial charge on any atom is 0.338 e. The molecule has 7 nitrogen and oxygen atoms in total. The summed E-state index contributed by atoms with van der Waals surface area (Å²) in [7, 11) is 0. The standard InChI is InChI=1S/C11H13N5O2/c1-2-18-11(17)8-3-5-9(6-4-8)16-10(7-12)13-14-15-16/h3-6H,2,7,12H2,1H3. The number of benzene rings is 1. The first-order valence-corrected chi connectivity index (χ1v) is 5.51. The van der Waals surface area contributed by atoms with Gasteiger partial charge in [-0.2, -0.15) is 4.68 Å². The number of carbonyl (C=O) groups is 1. The normalized spacial score (nSPS) is 10.3. The summed E-state index contributed by atoms with van der Waals surface area (Å²) in [4.78, 5) is 11.5. The highest BCUT2D eigenvalue weighted by molar-refractivity contribution is 5.89. The number of nitrogens with two attached hydrogens (primary N) is 1. The summed E-state index contributed by atoms with van der Waals surface area (Å²) >= 11 is 0. The summed E-state index contributed by atoms with van der Waals surface area (Å²) in [5.74, 6) is 0.207. The Labute approximate surface area is 104 Å². The molecule has 0 bridgehead atoms. The summed E-state index contributed by atoms with van der Waals surface area (Å²) in [6.07, 6.45) is 0. The molecule has 18 heavy (non-hydrogen) atoms. The average Bonchev–Trinajstić information content (AvgIpc) is 2.87. The molecule has 0 saturated heterocycles. The van der Waals surface area contributed by atoms with E-state index >= 15 is 0 Å². The first-order valence-electron chi connectivity index (χ1n) is 5.51. The summed E-state index contributed by atoms with van der Waals surface area (Å²) in [5.41, 5.74) is 6.75. The summed E-state index contributed by atoms with van der Waals surface area (Å²) < 4.78 is 6.42. The predicted molar refractivity (Wildman–Crippen MR) is 63.0 cm³/mol. The zero-order chi connectivity index (χ0) is 13.0. The van der Waals surface area contributed by atoms with Crippen LogP contribution in [0.3, 0.4) is 0 Å². The molecular formula is C11H13N5O2. The van der Waals surface area contributed by atoms with Crippen LogP contribution in [0.25, 0.3) is 5.69 Å². The molecule has 0 aliphatic heterocycles. The summed E-state index contributed by atoms with van der Waals surface area (Å²) in [5, 5.41) is 11.2. The van der Waals surface area contributed by atoms with Crippen LogP contribution in [0, 0.1) is 0 Å². The van der Waals surface area contributed by atoms with Gasteiger partial charge >= 0.3 is 5.97 Å². The maximum absolute atomic E-state index is 11.5. The highest BCUT2D eigenvalue weighted by Gasteiger charge is 2.09. The second kappa shape index (κ2) is 5.37. The lowest BCUT2D eigenvalue weighted by Crippen LogP contribution is -2.09. The van der Waals surface area contributed by atoms with Gasteiger partial charge in [0.1, 0.15) is 0 Å². The molecule has 7 heteroatoms. The van der Waals surface area contributed by atoms with E-state index in [1.165, 1.54) is 4.68 Å². The van der Waals surface area contributed by atoms with Crippen LogP contribution in [0.2, 0.25) is 0 Å². The monoisotopic (exact) mass is 247 g/mol. The Morgan fingerprint density at radius 2 is 2.11 bits per heavy atom. The van der Waals surface area contributed by atoms with Gasteiger partial charge in [0.25, 0.3) is 0 Å². The molecule has 2 rings (SSSR count). The largest absolute Gasteiger partial charge is 0.462 e. The fourth-order valence-corrected chi connectivity index (χ4v) is 1.49. The molecule has 0 spiro atoms. The Hall–Kier alpha value is -2.28. The number of rotatable bonds is 4. The number of hydrogen-bond acceptors (Lipinski definition) is 6. The Balaban J connectivity index is 2.25. The van der Waals surface area contributed by atoms with Crippen LogP contribution in [-0.2, 0) is 11.3 Å². The Morgan fingerprint density at radius 1 is 1.39 bits per heavy atom. The van der Waals surface area contributed by atoms with Crippen molar-refractivity contribution < 1.29 is 9.53 Å². The number of esters is 1. The van der Waals surface area contributed by atoms with Crippen molar-refractivity contribution in [2.75, 3.05) is 6.61 Å². The molecule has 2 N–H and O–H groups in total. The van der Waals surface area contributed by atoms with Gasteiger partial charge in [0.2, 0.25) is 0 Å². The third-order valence-corrected chi connectivity index (χ3v) is 2.34. The molecule has 1 heterocycles. The summed E-state index contributed by atoms with van der Waals surface area (Å²) in [6.45, 7) is 2.36. The molecule has 1 aromatic carbocycles. The van der Waals surface area contributed by atoms with Gasteiger partial charge in [-0.15, -0.1) is 5.10 Å². The number of tetrazole rings is 1. The average molecular weight is 247 g/mol. The lowest BCUT2D eigenvalue weighted by atomic mass is 10.2. The van der Waals surface area contributed by atoms with E-state index in [0.717, 1.165) is 5.69 Å². The van der Waals surface area contributed by atoms with E-state index in [1.54, 1.807) is 31.2 Å². The third kappa shape index (κ3) is 2.35. The second-order valence-electron chi connectivity index (χ2n) is 3.48. The number of carbonyl (C=O) groups excluding carboxylic acids is 1. The van der Waals surface area contributed by atoms with Gasteiger partial charge in [0.05, 0.1) is 24.4 Å². The molecule has 0 saturated carbocycles. The van der Waals surface area contributed by atoms with Crippen molar-refractivity contribution in [1.29, 1.82) is 0 Å². The van der Waals surface area contributed by atoms with E-state index in [4.69, 9.17) is 10.5 Å². The number of ether oxygens (including phenoxy) is 1. The number of nitrogens with zero attached hydrogens (tertiary/aromatic N) is 4. The molecule has 0 aliphatic carbocycles. The molecule has 94 valence electrons. The number of hydrogen-bond donors (Lipinski definition) is 1. The Kier molecular flexibility index (Phi) is 3.63. The van der Waals surface area contributed by atoms with E-state index in [9.17, 15) is 4.79 Å². The van der Waals surface area contributed by atoms with Crippen molar-refractivity contribution in [3.63, 3.8) is 0 Å². The van der Waals surface area contributed by atoms with Crippen LogP contribution in [0.15, 0.2) is 24.3 Å². The van der Waals surface area contributed by atoms with Crippen LogP contribution in [-0.4, -0.2) is 32.8 Å². The summed E-state index contributed by atoms with van der Waals surface area (Å²) in [6, 6.07) is 6.80. The molecule has 2 aromatic rings. The molecule has 0 radical (unpaired) electrons. The number of aromatic nitrogens is 4. The minimum Gasteiger partial charge on any atom is -0.462 e. The molecule has 0 aliphatic rings. The molecule has 0 amide bonds. The van der Waals surface area contributed by atoms with Gasteiger partial charge in [-0.1, -0.05) is 0 Å². The van der Waals surface area contributed by atoms with E-state index < -0.39 is 0 Å². The lowest BCUT2D eigenvalue weighted by molar-refractivity contribution is 0.0526. The zero-order valence-corrected chi connectivity index (χ0v) is 9.91. The van der Waals surface area contributed by atoms with E-state index in [2.05, 4.69) is 15.5 Å². The van der Waals surface area contributed by atoms with E-state index in [1.807, 2.05) is 0 Å². The minimum absolute atomic E-state index is 0.243. The smallest absolute Gasteiger partial charge is 0.338 e. The first-order chi connectivity index (χ1) is 8.76. The Morgan fingerprint density at radius 3 is 2.72 bits per heavy atom. The fourth-order valence-electron chi connectivity index (χ4n) is 1.49. The molecule has 0 fully saturated rings. The van der Waals surface area contributed by atoms with Crippen LogP contribution in [0.1, 0.15) is 23.1 Å². The molecule has 0 atom stereocenters. The maximum atomic E-state index is 11.5. The molecular weight excluding hydrogens is 234 g/mol. The lowest BCUT2D eigenvalue weighted by Gasteiger charge is -2.04. The van der Waals surface area contributed by atoms with Crippen molar-refractivity contribution >= 4 is 5.97 Å². The van der Waals surface area contributed by atoms with Gasteiger partial charge in [-0.25, -0.2) is 4.79 Å². The second-order valence-corrected chi connectivity index (χ2v) is 3.48. The van der Waals surface area contributed by atoms with Gasteiger partial charge in [0, 0.05) is 0 Å². The highest BCUT2D eigenvalue weighted by Crippen LogP contribution is 2.10. The third-order valence-electron chi connectivity index (χ3n) is 2.34. The van der Waals surface area contributed by atoms with Crippen LogP contribution >= 0.6 is 0 Å². The first kappa shape index (κ1) is 12.2. The van der Waals surface area contributed by atoms with Gasteiger partial charge in [-0.05, 0) is 41.6 Å². The van der Waals surface area contributed by atoms with Crippen molar-refractivity contribution in [2.45, 2.75) is 13.5 Å². The van der Waals surface area contributed by atoms with Gasteiger partial charge < -0.3 is 10.5 Å². The van der Waals surface area contributed by atoms with Crippen molar-refractivity contribution in [3.8, 4) is 5.69 Å². The predicted octanol–water partition coefficient (Wildman–Crippen LogP) is 0.298. The van der Waals surface area contributed by atoms with Crippen molar-refractivity contribution in [2.24, 2.45) is 5.73 Å². The SMILES string of the molecule is CCOC(=O)c1ccc(-n2nnnc2CN)cc1. The highest BCUT2D eigenvalue weighted by atomic mass is 16.5. The van der Waals surface area contributed by atoms with E-state index in [-0.39, 0.29) is 12.5 Å². The van der Waals surface area contributed by atoms with Crippen molar-refractivity contribution in [1.82, 2.24) is 20.2 Å². The fraction of sp³-hybridized carbons (Fsp3) is 0.273. The molecule has 0 unspecified atom stereocenters. The van der Waals surface area contributed by atoms with E-state index in [0.29, 0.717) is 18.0 Å². The quantitative estimate of drug-likeness (QED) is 0.780. The topological polar surface area (TPSA) is 95.9 Å². The Bertz CT molecular complexity index is 535.